The van der Waals surface area contributed by atoms with Crippen LogP contribution in [0.15, 0.2) is 30.3 Å². The molecule has 0 heterocycles. The molecular weight excluding hydrogens is 230 g/mol. The van der Waals surface area contributed by atoms with Crippen molar-refractivity contribution < 1.29 is 17.3 Å². The third kappa shape index (κ3) is 7.05. The summed E-state index contributed by atoms with van der Waals surface area (Å²) in [6.45, 7) is 7.91. The van der Waals surface area contributed by atoms with Gasteiger partial charge in [0.15, 0.2) is 0 Å². The fourth-order valence-electron chi connectivity index (χ4n) is 1.80. The maximum absolute atomic E-state index is 3.28. The van der Waals surface area contributed by atoms with Gasteiger partial charge in [0.05, 0.1) is 13.1 Å². The molecule has 94 valence electrons. The van der Waals surface area contributed by atoms with Crippen LogP contribution >= 0.6 is 0 Å². The second-order valence-electron chi connectivity index (χ2n) is 4.09. The van der Waals surface area contributed by atoms with Gasteiger partial charge >= 0.3 is 0 Å². The second kappa shape index (κ2) is 10.2. The molecule has 0 unspecified atom stereocenters. The summed E-state index contributed by atoms with van der Waals surface area (Å²) in [7, 11) is 0. The summed E-state index contributed by atoms with van der Waals surface area (Å²) in [6.07, 6.45) is 2.48. The van der Waals surface area contributed by atoms with Crippen LogP contribution in [0, 0.1) is 11.8 Å². The van der Waals surface area contributed by atoms with Crippen molar-refractivity contribution in [2.75, 3.05) is 19.6 Å². The van der Waals surface area contributed by atoms with E-state index in [9.17, 15) is 0 Å². The summed E-state index contributed by atoms with van der Waals surface area (Å²) in [6, 6.07) is 10.2. The molecule has 1 aromatic carbocycles. The first-order chi connectivity index (χ1) is 7.86. The predicted molar refractivity (Wildman–Crippen MR) is 69.5 cm³/mol. The molecule has 1 rings (SSSR count). The number of halogens is 1. The monoisotopic (exact) mass is 251 g/mol. The van der Waals surface area contributed by atoms with E-state index in [2.05, 4.69) is 37.8 Å². The van der Waals surface area contributed by atoms with E-state index in [1.165, 1.54) is 25.9 Å². The molecule has 1 N–H and O–H groups in total. The average Bonchev–Trinajstić information content (AvgIpc) is 2.31. The normalized spacial score (nSPS) is 9.35. The minimum absolute atomic E-state index is 0. The highest BCUT2D eigenvalue weighted by atomic mass is 35.5. The Balaban J connectivity index is 0.00000256. The van der Waals surface area contributed by atoms with Gasteiger partial charge < -0.3 is 17.3 Å². The van der Waals surface area contributed by atoms with Crippen molar-refractivity contribution >= 4 is 0 Å². The molecule has 0 fully saturated rings. The molecular formula is C15H22ClN. The summed E-state index contributed by atoms with van der Waals surface area (Å²) in [4.78, 5) is 1.61. The molecule has 0 amide bonds. The summed E-state index contributed by atoms with van der Waals surface area (Å²) in [5.41, 5.74) is 1.12. The Morgan fingerprint density at radius 3 is 2.12 bits per heavy atom. The van der Waals surface area contributed by atoms with Gasteiger partial charge in [-0.2, -0.15) is 0 Å². The highest BCUT2D eigenvalue weighted by molar-refractivity contribution is 5.33. The molecule has 0 bridgehead atoms. The maximum Gasteiger partial charge on any atom is 0.139 e. The van der Waals surface area contributed by atoms with Crippen molar-refractivity contribution in [1.29, 1.82) is 0 Å². The summed E-state index contributed by atoms with van der Waals surface area (Å²) >= 11 is 0. The van der Waals surface area contributed by atoms with Crippen LogP contribution in [0.4, 0.5) is 0 Å². The van der Waals surface area contributed by atoms with E-state index >= 15 is 0 Å². The van der Waals surface area contributed by atoms with Gasteiger partial charge in [-0.25, -0.2) is 0 Å². The van der Waals surface area contributed by atoms with Crippen LogP contribution in [0.5, 0.6) is 0 Å². The van der Waals surface area contributed by atoms with Gasteiger partial charge in [-0.1, -0.05) is 38.0 Å². The lowest BCUT2D eigenvalue weighted by atomic mass is 10.2. The van der Waals surface area contributed by atoms with Crippen molar-refractivity contribution in [2.45, 2.75) is 26.7 Å². The predicted octanol–water partition coefficient (Wildman–Crippen LogP) is -1.25. The molecule has 0 spiro atoms. The molecule has 17 heavy (non-hydrogen) atoms. The first-order valence-electron chi connectivity index (χ1n) is 6.24. The van der Waals surface area contributed by atoms with Crippen LogP contribution in [-0.4, -0.2) is 19.6 Å². The van der Waals surface area contributed by atoms with Gasteiger partial charge in [-0.05, 0) is 30.9 Å². The number of hydrogen-bond acceptors (Lipinski definition) is 0. The van der Waals surface area contributed by atoms with Gasteiger partial charge in [0.25, 0.3) is 0 Å². The molecule has 0 aliphatic carbocycles. The fourth-order valence-corrected chi connectivity index (χ4v) is 1.80. The Morgan fingerprint density at radius 2 is 1.59 bits per heavy atom. The molecule has 2 heteroatoms. The first kappa shape index (κ1) is 16.0. The van der Waals surface area contributed by atoms with E-state index in [0.717, 1.165) is 12.1 Å². The highest BCUT2D eigenvalue weighted by Gasteiger charge is 2.01. The topological polar surface area (TPSA) is 4.44 Å². The first-order valence-corrected chi connectivity index (χ1v) is 6.24. The molecule has 0 aliphatic rings. The molecule has 0 atom stereocenters. The zero-order valence-corrected chi connectivity index (χ0v) is 11.6. The minimum Gasteiger partial charge on any atom is -1.00 e. The van der Waals surface area contributed by atoms with E-state index < -0.39 is 0 Å². The van der Waals surface area contributed by atoms with Gasteiger partial charge in [0.1, 0.15) is 6.54 Å². The maximum atomic E-state index is 3.28. The van der Waals surface area contributed by atoms with Crippen molar-refractivity contribution in [3.05, 3.63) is 35.9 Å². The van der Waals surface area contributed by atoms with Crippen molar-refractivity contribution in [2.24, 2.45) is 0 Å². The minimum atomic E-state index is 0. The molecule has 0 saturated heterocycles. The van der Waals surface area contributed by atoms with Gasteiger partial charge in [-0.3, -0.25) is 0 Å². The van der Waals surface area contributed by atoms with Gasteiger partial charge in [0, 0.05) is 5.56 Å². The Labute approximate surface area is 112 Å². The number of hydrogen-bond donors (Lipinski definition) is 1. The Bertz CT molecular complexity index is 331. The lowest BCUT2D eigenvalue weighted by molar-refractivity contribution is -0.892. The zero-order chi connectivity index (χ0) is 11.6. The Morgan fingerprint density at radius 1 is 1.00 bits per heavy atom. The molecule has 0 aromatic heterocycles. The van der Waals surface area contributed by atoms with E-state index in [0.29, 0.717) is 0 Å². The largest absolute Gasteiger partial charge is 1.00 e. The molecule has 0 saturated carbocycles. The molecule has 1 nitrogen and oxygen atoms in total. The quantitative estimate of drug-likeness (QED) is 0.624. The lowest BCUT2D eigenvalue weighted by Gasteiger charge is -2.14. The van der Waals surface area contributed by atoms with Crippen molar-refractivity contribution in [3.8, 4) is 11.8 Å². The third-order valence-corrected chi connectivity index (χ3v) is 2.55. The van der Waals surface area contributed by atoms with Crippen molar-refractivity contribution in [3.63, 3.8) is 0 Å². The smallest absolute Gasteiger partial charge is 0.139 e. The van der Waals surface area contributed by atoms with Crippen LogP contribution in [-0.2, 0) is 0 Å². The summed E-state index contributed by atoms with van der Waals surface area (Å²) in [5.74, 6) is 6.51. The third-order valence-electron chi connectivity index (χ3n) is 2.55. The summed E-state index contributed by atoms with van der Waals surface area (Å²) in [5, 5.41) is 0. The number of benzene rings is 1. The van der Waals surface area contributed by atoms with E-state index in [4.69, 9.17) is 0 Å². The van der Waals surface area contributed by atoms with Gasteiger partial charge in [-0.15, -0.1) is 0 Å². The Hall–Kier alpha value is -0.970. The molecule has 0 aliphatic heterocycles. The number of nitrogens with one attached hydrogen (secondary N) is 1. The van der Waals surface area contributed by atoms with E-state index in [-0.39, 0.29) is 12.4 Å². The highest BCUT2D eigenvalue weighted by Crippen LogP contribution is 1.93. The summed E-state index contributed by atoms with van der Waals surface area (Å²) < 4.78 is 0. The Kier molecular flexibility index (Phi) is 9.62. The van der Waals surface area contributed by atoms with Crippen LogP contribution in [0.2, 0.25) is 0 Å². The number of quaternary nitrogens is 1. The second-order valence-corrected chi connectivity index (χ2v) is 4.09. The SMILES string of the molecule is CCC[NH+](CC#Cc1ccccc1)CCC.[Cl-]. The lowest BCUT2D eigenvalue weighted by Crippen LogP contribution is -3.11. The van der Waals surface area contributed by atoms with E-state index in [1.807, 2.05) is 18.2 Å². The van der Waals surface area contributed by atoms with Gasteiger partial charge in [0.2, 0.25) is 0 Å². The van der Waals surface area contributed by atoms with Crippen LogP contribution in [0.3, 0.4) is 0 Å². The average molecular weight is 252 g/mol. The van der Waals surface area contributed by atoms with Crippen molar-refractivity contribution in [1.82, 2.24) is 0 Å². The molecule has 0 radical (unpaired) electrons. The van der Waals surface area contributed by atoms with Crippen LogP contribution < -0.4 is 17.3 Å². The van der Waals surface area contributed by atoms with Crippen LogP contribution in [0.1, 0.15) is 32.3 Å². The molecule has 1 aromatic rings. The number of rotatable bonds is 5. The standard InChI is InChI=1S/C15H21N.ClH/c1-3-12-16(13-4-2)14-8-11-15-9-6-5-7-10-15;/h5-7,9-10H,3-4,12-14H2,1-2H3;1H. The van der Waals surface area contributed by atoms with Crippen LogP contribution in [0.25, 0.3) is 0 Å². The zero-order valence-electron chi connectivity index (χ0n) is 10.8. The van der Waals surface area contributed by atoms with E-state index in [1.54, 1.807) is 4.90 Å². The fraction of sp³-hybridized carbons (Fsp3) is 0.467.